The summed E-state index contributed by atoms with van der Waals surface area (Å²) in [7, 11) is 1.62. The van der Waals surface area contributed by atoms with E-state index in [0.717, 1.165) is 56.3 Å². The van der Waals surface area contributed by atoms with Crippen molar-refractivity contribution in [3.63, 3.8) is 0 Å². The van der Waals surface area contributed by atoms with Crippen LogP contribution in [0.4, 0.5) is 0 Å². The SMILES string of the molecule is COc1ccc2cc([C@@H](c3nnnn3C[C@H]3CCCO3)N3CCCCC3)c(=O)[nH]c2c1. The van der Waals surface area contributed by atoms with Crippen LogP contribution in [-0.4, -0.2) is 63.0 Å². The van der Waals surface area contributed by atoms with Crippen LogP contribution in [0.5, 0.6) is 5.75 Å². The van der Waals surface area contributed by atoms with E-state index >= 15 is 0 Å². The maximum absolute atomic E-state index is 13.2. The summed E-state index contributed by atoms with van der Waals surface area (Å²) < 4.78 is 12.9. The van der Waals surface area contributed by atoms with Crippen LogP contribution in [0.2, 0.25) is 0 Å². The number of aromatic amines is 1. The van der Waals surface area contributed by atoms with Crippen molar-refractivity contribution in [1.82, 2.24) is 30.1 Å². The lowest BCUT2D eigenvalue weighted by Crippen LogP contribution is -2.39. The third-order valence-electron chi connectivity index (χ3n) is 6.34. The van der Waals surface area contributed by atoms with Gasteiger partial charge in [-0.25, -0.2) is 4.68 Å². The van der Waals surface area contributed by atoms with Gasteiger partial charge < -0.3 is 14.5 Å². The van der Waals surface area contributed by atoms with Gasteiger partial charge in [0.15, 0.2) is 5.82 Å². The summed E-state index contributed by atoms with van der Waals surface area (Å²) in [5, 5.41) is 13.6. The summed E-state index contributed by atoms with van der Waals surface area (Å²) in [4.78, 5) is 18.6. The van der Waals surface area contributed by atoms with Gasteiger partial charge in [-0.1, -0.05) is 6.42 Å². The molecule has 2 aliphatic rings. The van der Waals surface area contributed by atoms with Crippen LogP contribution < -0.4 is 10.3 Å². The topological polar surface area (TPSA) is 98.2 Å². The first-order chi connectivity index (χ1) is 15.2. The number of rotatable bonds is 6. The molecule has 0 amide bonds. The van der Waals surface area contributed by atoms with Gasteiger partial charge in [0.2, 0.25) is 0 Å². The number of piperidine rings is 1. The Morgan fingerprint density at radius 1 is 1.23 bits per heavy atom. The molecular formula is C22H28N6O3. The molecule has 9 nitrogen and oxygen atoms in total. The van der Waals surface area contributed by atoms with Crippen molar-refractivity contribution < 1.29 is 9.47 Å². The van der Waals surface area contributed by atoms with Crippen LogP contribution >= 0.6 is 0 Å². The predicted molar refractivity (Wildman–Crippen MR) is 115 cm³/mol. The minimum Gasteiger partial charge on any atom is -0.497 e. The lowest BCUT2D eigenvalue weighted by atomic mass is 10.0. The van der Waals surface area contributed by atoms with Crippen molar-refractivity contribution >= 4 is 10.9 Å². The molecule has 4 heterocycles. The molecule has 0 radical (unpaired) electrons. The predicted octanol–water partition coefficient (Wildman–Crippen LogP) is 2.28. The van der Waals surface area contributed by atoms with Crippen LogP contribution in [-0.2, 0) is 11.3 Å². The second kappa shape index (κ2) is 8.76. The molecule has 2 aliphatic heterocycles. The number of aromatic nitrogens is 5. The molecule has 2 fully saturated rings. The molecule has 1 N–H and O–H groups in total. The van der Waals surface area contributed by atoms with Gasteiger partial charge in [-0.05, 0) is 72.8 Å². The fourth-order valence-corrected chi connectivity index (χ4v) is 4.72. The number of benzene rings is 1. The van der Waals surface area contributed by atoms with Gasteiger partial charge in [-0.2, -0.15) is 0 Å². The highest BCUT2D eigenvalue weighted by Crippen LogP contribution is 2.30. The fourth-order valence-electron chi connectivity index (χ4n) is 4.72. The third-order valence-corrected chi connectivity index (χ3v) is 6.34. The molecular weight excluding hydrogens is 396 g/mol. The summed E-state index contributed by atoms with van der Waals surface area (Å²) in [6.45, 7) is 3.22. The number of nitrogens with one attached hydrogen (secondary N) is 1. The highest BCUT2D eigenvalue weighted by Gasteiger charge is 2.32. The minimum atomic E-state index is -0.299. The molecule has 1 aromatic carbocycles. The minimum absolute atomic E-state index is 0.117. The number of ether oxygens (including phenoxy) is 2. The highest BCUT2D eigenvalue weighted by atomic mass is 16.5. The van der Waals surface area contributed by atoms with Crippen molar-refractivity contribution in [2.45, 2.75) is 50.8 Å². The first-order valence-electron chi connectivity index (χ1n) is 11.1. The molecule has 0 spiro atoms. The van der Waals surface area contributed by atoms with Crippen LogP contribution in [0.1, 0.15) is 49.5 Å². The van der Waals surface area contributed by atoms with E-state index in [0.29, 0.717) is 23.7 Å². The maximum atomic E-state index is 13.2. The maximum Gasteiger partial charge on any atom is 0.253 e. The van der Waals surface area contributed by atoms with E-state index < -0.39 is 0 Å². The number of H-pyrrole nitrogens is 1. The summed E-state index contributed by atoms with van der Waals surface area (Å²) in [6.07, 6.45) is 5.60. The molecule has 2 saturated heterocycles. The van der Waals surface area contributed by atoms with Crippen molar-refractivity contribution in [2.24, 2.45) is 0 Å². The Morgan fingerprint density at radius 3 is 2.87 bits per heavy atom. The van der Waals surface area contributed by atoms with E-state index in [4.69, 9.17) is 9.47 Å². The number of fused-ring (bicyclic) bond motifs is 1. The number of hydrogen-bond donors (Lipinski definition) is 1. The van der Waals surface area contributed by atoms with Gasteiger partial charge in [-0.3, -0.25) is 9.69 Å². The summed E-state index contributed by atoms with van der Waals surface area (Å²) in [5.41, 5.74) is 1.30. The average molecular weight is 425 g/mol. The van der Waals surface area contributed by atoms with Crippen LogP contribution in [0.15, 0.2) is 29.1 Å². The van der Waals surface area contributed by atoms with E-state index in [2.05, 4.69) is 25.4 Å². The second-order valence-electron chi connectivity index (χ2n) is 8.36. The summed E-state index contributed by atoms with van der Waals surface area (Å²) in [5.74, 6) is 1.42. The Bertz CT molecular complexity index is 1100. The van der Waals surface area contributed by atoms with E-state index in [-0.39, 0.29) is 17.7 Å². The molecule has 0 aliphatic carbocycles. The summed E-state index contributed by atoms with van der Waals surface area (Å²) in [6, 6.07) is 7.39. The van der Waals surface area contributed by atoms with Gasteiger partial charge in [0.05, 0.1) is 25.3 Å². The van der Waals surface area contributed by atoms with Gasteiger partial charge in [0.1, 0.15) is 11.8 Å². The lowest BCUT2D eigenvalue weighted by molar-refractivity contribution is 0.0902. The monoisotopic (exact) mass is 424 g/mol. The van der Waals surface area contributed by atoms with E-state index in [1.54, 1.807) is 7.11 Å². The van der Waals surface area contributed by atoms with Crippen LogP contribution in [0.3, 0.4) is 0 Å². The number of pyridine rings is 1. The Morgan fingerprint density at radius 2 is 2.10 bits per heavy atom. The largest absolute Gasteiger partial charge is 0.497 e. The highest BCUT2D eigenvalue weighted by molar-refractivity contribution is 5.80. The normalized spacial score (nSPS) is 20.9. The van der Waals surface area contributed by atoms with E-state index in [9.17, 15) is 4.79 Å². The third kappa shape index (κ3) is 4.07. The van der Waals surface area contributed by atoms with Gasteiger partial charge in [-0.15, -0.1) is 5.10 Å². The molecule has 9 heteroatoms. The number of methoxy groups -OCH3 is 1. The molecule has 2 atom stereocenters. The molecule has 0 saturated carbocycles. The van der Waals surface area contributed by atoms with Crippen molar-refractivity contribution in [3.05, 3.63) is 46.0 Å². The first-order valence-corrected chi connectivity index (χ1v) is 11.1. The quantitative estimate of drug-likeness (QED) is 0.648. The van der Waals surface area contributed by atoms with E-state index in [1.807, 2.05) is 28.9 Å². The second-order valence-corrected chi connectivity index (χ2v) is 8.36. The van der Waals surface area contributed by atoms with Crippen LogP contribution in [0.25, 0.3) is 10.9 Å². The zero-order chi connectivity index (χ0) is 21.2. The number of likely N-dealkylation sites (tertiary alicyclic amines) is 1. The van der Waals surface area contributed by atoms with Gasteiger partial charge in [0.25, 0.3) is 5.56 Å². The van der Waals surface area contributed by atoms with Gasteiger partial charge >= 0.3 is 0 Å². The number of tetrazole rings is 1. The molecule has 2 aromatic heterocycles. The number of hydrogen-bond acceptors (Lipinski definition) is 7. The molecule has 3 aromatic rings. The Hall–Kier alpha value is -2.78. The smallest absolute Gasteiger partial charge is 0.253 e. The number of nitrogens with zero attached hydrogens (tertiary/aromatic N) is 5. The average Bonchev–Trinajstić information content (AvgIpc) is 3.48. The lowest BCUT2D eigenvalue weighted by Gasteiger charge is -2.33. The standard InChI is InChI=1S/C22H28N6O3/c1-30-16-8-7-15-12-18(22(29)23-19(15)13-16)20(27-9-3-2-4-10-27)21-24-25-26-28(21)14-17-6-5-11-31-17/h7-8,12-13,17,20H,2-6,9-11,14H2,1H3,(H,23,29)/t17-,20+/m1/s1. The Kier molecular flexibility index (Phi) is 5.69. The Labute approximate surface area is 180 Å². The zero-order valence-electron chi connectivity index (χ0n) is 17.8. The molecule has 0 bridgehead atoms. The summed E-state index contributed by atoms with van der Waals surface area (Å²) >= 11 is 0. The zero-order valence-corrected chi connectivity index (χ0v) is 17.8. The Balaban J connectivity index is 1.58. The first kappa shape index (κ1) is 20.1. The molecule has 5 rings (SSSR count). The molecule has 0 unspecified atom stereocenters. The van der Waals surface area contributed by atoms with Crippen molar-refractivity contribution in [1.29, 1.82) is 0 Å². The van der Waals surface area contributed by atoms with Crippen molar-refractivity contribution in [2.75, 3.05) is 26.8 Å². The van der Waals surface area contributed by atoms with Gasteiger partial charge in [0, 0.05) is 18.2 Å². The molecule has 164 valence electrons. The fraction of sp³-hybridized carbons (Fsp3) is 0.545. The van der Waals surface area contributed by atoms with E-state index in [1.165, 1.54) is 6.42 Å². The van der Waals surface area contributed by atoms with Crippen molar-refractivity contribution in [3.8, 4) is 5.75 Å². The van der Waals surface area contributed by atoms with Crippen LogP contribution in [0, 0.1) is 0 Å². The molecule has 31 heavy (non-hydrogen) atoms.